The lowest BCUT2D eigenvalue weighted by Crippen LogP contribution is -2.26. The molecule has 2 aromatic carbocycles. The molecule has 2 aromatic rings. The van der Waals surface area contributed by atoms with Gasteiger partial charge >= 0.3 is 0 Å². The summed E-state index contributed by atoms with van der Waals surface area (Å²) in [4.78, 5) is 0. The van der Waals surface area contributed by atoms with Crippen molar-refractivity contribution in [2.75, 3.05) is 0 Å². The van der Waals surface area contributed by atoms with E-state index in [1.165, 1.54) is 38.9 Å². The zero-order valence-electron chi connectivity index (χ0n) is 26.2. The number of hydrogen-bond donors (Lipinski definition) is 0. The van der Waals surface area contributed by atoms with Crippen molar-refractivity contribution in [1.29, 1.82) is 0 Å². The predicted octanol–water partition coefficient (Wildman–Crippen LogP) is 10.7. The molecule has 0 aliphatic carbocycles. The summed E-state index contributed by atoms with van der Waals surface area (Å²) in [5, 5.41) is 0. The minimum absolute atomic E-state index is 0.0770. The summed E-state index contributed by atoms with van der Waals surface area (Å²) in [6.45, 7) is 37.8. The summed E-state index contributed by atoms with van der Waals surface area (Å²) in [5.74, 6) is 0.378. The van der Waals surface area contributed by atoms with Crippen molar-refractivity contribution in [3.63, 3.8) is 0 Å². The van der Waals surface area contributed by atoms with E-state index in [4.69, 9.17) is 0 Å². The molecular formula is C35H56. The van der Waals surface area contributed by atoms with E-state index in [-0.39, 0.29) is 27.1 Å². The summed E-state index contributed by atoms with van der Waals surface area (Å²) in [5.41, 5.74) is 10.9. The van der Waals surface area contributed by atoms with E-state index < -0.39 is 0 Å². The van der Waals surface area contributed by atoms with Crippen LogP contribution in [0.1, 0.15) is 162 Å². The first-order chi connectivity index (χ1) is 15.5. The van der Waals surface area contributed by atoms with Crippen molar-refractivity contribution >= 4 is 0 Å². The van der Waals surface area contributed by atoms with Gasteiger partial charge in [-0.1, -0.05) is 141 Å². The largest absolute Gasteiger partial charge is 0.0645 e. The van der Waals surface area contributed by atoms with Crippen molar-refractivity contribution < 1.29 is 0 Å². The smallest absolute Gasteiger partial charge is 0.00899 e. The molecule has 0 fully saturated rings. The Hall–Kier alpha value is -1.56. The number of rotatable bonds is 3. The van der Waals surface area contributed by atoms with E-state index >= 15 is 0 Å². The molecule has 0 amide bonds. The van der Waals surface area contributed by atoms with Gasteiger partial charge in [-0.05, 0) is 72.4 Å². The fourth-order valence-electron chi connectivity index (χ4n) is 5.15. The maximum atomic E-state index is 2.59. The molecule has 1 unspecified atom stereocenters. The monoisotopic (exact) mass is 476 g/mol. The van der Waals surface area contributed by atoms with Crippen LogP contribution in [0.25, 0.3) is 0 Å². The molecule has 0 spiro atoms. The normalized spacial score (nSPS) is 14.9. The molecule has 0 aliphatic rings. The van der Waals surface area contributed by atoms with Crippen LogP contribution in [0.3, 0.4) is 0 Å². The van der Waals surface area contributed by atoms with Crippen LogP contribution in [0.15, 0.2) is 30.3 Å². The van der Waals surface area contributed by atoms with Gasteiger partial charge in [0.25, 0.3) is 0 Å². The first-order valence-corrected chi connectivity index (χ1v) is 13.8. The molecule has 0 radical (unpaired) electrons. The summed E-state index contributed by atoms with van der Waals surface area (Å²) in [6.07, 6.45) is 1.10. The van der Waals surface area contributed by atoms with Gasteiger partial charge in [-0.3, -0.25) is 0 Å². The van der Waals surface area contributed by atoms with E-state index in [2.05, 4.69) is 141 Å². The zero-order chi connectivity index (χ0) is 27.4. The van der Waals surface area contributed by atoms with Crippen LogP contribution in [-0.4, -0.2) is 0 Å². The molecule has 2 rings (SSSR count). The SMILES string of the molecule is CCC(c1cc(C(C)(C)C)cc(C(C)(C)C)c1)c1cc(C(C)(C)C)c(C(C)(C)C)cc1C(C)(C)C. The molecule has 0 aromatic heterocycles. The van der Waals surface area contributed by atoms with E-state index in [0.717, 1.165) is 6.42 Å². The highest BCUT2D eigenvalue weighted by Crippen LogP contribution is 2.44. The lowest BCUT2D eigenvalue weighted by atomic mass is 9.68. The van der Waals surface area contributed by atoms with Crippen LogP contribution in [-0.2, 0) is 27.1 Å². The van der Waals surface area contributed by atoms with Gasteiger partial charge in [-0.25, -0.2) is 0 Å². The van der Waals surface area contributed by atoms with Crippen molar-refractivity contribution in [2.24, 2.45) is 0 Å². The summed E-state index contributed by atoms with van der Waals surface area (Å²) < 4.78 is 0. The fourth-order valence-corrected chi connectivity index (χ4v) is 5.15. The molecule has 0 bridgehead atoms. The van der Waals surface area contributed by atoms with Crippen molar-refractivity contribution in [2.45, 2.75) is 150 Å². The van der Waals surface area contributed by atoms with Crippen LogP contribution in [0, 0.1) is 0 Å². The van der Waals surface area contributed by atoms with Crippen molar-refractivity contribution in [3.8, 4) is 0 Å². The predicted molar refractivity (Wildman–Crippen MR) is 159 cm³/mol. The van der Waals surface area contributed by atoms with E-state index in [1.807, 2.05) is 0 Å². The Bertz CT molecular complexity index is 996. The molecule has 0 heteroatoms. The van der Waals surface area contributed by atoms with Crippen LogP contribution in [0.5, 0.6) is 0 Å². The Morgan fingerprint density at radius 1 is 0.457 bits per heavy atom. The standard InChI is InChI=1S/C35H56/c1-17-26(23-18-24(31(2,3)4)20-25(19-23)32(5,6)7)27-21-29(34(11,12)13)30(35(14,15)16)22-28(27)33(8,9)10/h18-22,26H,17H2,1-16H3. The summed E-state index contributed by atoms with van der Waals surface area (Å²) in [6, 6.07) is 12.6. The lowest BCUT2D eigenvalue weighted by Gasteiger charge is -2.36. The molecular weight excluding hydrogens is 420 g/mol. The first-order valence-electron chi connectivity index (χ1n) is 13.8. The topological polar surface area (TPSA) is 0 Å². The molecule has 0 saturated heterocycles. The van der Waals surface area contributed by atoms with Gasteiger partial charge in [-0.2, -0.15) is 0 Å². The maximum absolute atomic E-state index is 2.59. The van der Waals surface area contributed by atoms with Gasteiger partial charge in [0.2, 0.25) is 0 Å². The van der Waals surface area contributed by atoms with Gasteiger partial charge in [0.05, 0.1) is 0 Å². The third-order valence-electron chi connectivity index (χ3n) is 7.49. The third kappa shape index (κ3) is 6.81. The molecule has 0 N–H and O–H groups in total. The molecule has 0 aliphatic heterocycles. The fraction of sp³-hybridized carbons (Fsp3) is 0.657. The Balaban J connectivity index is 3.00. The molecule has 1 atom stereocenters. The highest BCUT2D eigenvalue weighted by atomic mass is 14.4. The van der Waals surface area contributed by atoms with Gasteiger partial charge in [-0.15, -0.1) is 0 Å². The zero-order valence-corrected chi connectivity index (χ0v) is 26.2. The van der Waals surface area contributed by atoms with Crippen LogP contribution in [0.4, 0.5) is 0 Å². The second-order valence-electron chi connectivity index (χ2n) is 16.0. The maximum Gasteiger partial charge on any atom is 0.00899 e. The van der Waals surface area contributed by atoms with Crippen molar-refractivity contribution in [1.82, 2.24) is 0 Å². The Morgan fingerprint density at radius 3 is 1.14 bits per heavy atom. The van der Waals surface area contributed by atoms with Gasteiger partial charge < -0.3 is 0 Å². The van der Waals surface area contributed by atoms with Crippen LogP contribution >= 0.6 is 0 Å². The average Bonchev–Trinajstić information content (AvgIpc) is 2.64. The van der Waals surface area contributed by atoms with Crippen molar-refractivity contribution in [3.05, 3.63) is 69.3 Å². The van der Waals surface area contributed by atoms with E-state index in [9.17, 15) is 0 Å². The lowest BCUT2D eigenvalue weighted by molar-refractivity contribution is 0.517. The summed E-state index contributed by atoms with van der Waals surface area (Å²) in [7, 11) is 0. The van der Waals surface area contributed by atoms with Gasteiger partial charge in [0.15, 0.2) is 0 Å². The Labute approximate surface area is 219 Å². The average molecular weight is 477 g/mol. The Morgan fingerprint density at radius 2 is 0.829 bits per heavy atom. The highest BCUT2D eigenvalue weighted by molar-refractivity contribution is 5.52. The summed E-state index contributed by atoms with van der Waals surface area (Å²) >= 11 is 0. The van der Waals surface area contributed by atoms with Crippen LogP contribution < -0.4 is 0 Å². The molecule has 0 nitrogen and oxygen atoms in total. The number of benzene rings is 2. The third-order valence-corrected chi connectivity index (χ3v) is 7.49. The van der Waals surface area contributed by atoms with E-state index in [0.29, 0.717) is 5.92 Å². The molecule has 0 heterocycles. The van der Waals surface area contributed by atoms with Gasteiger partial charge in [0, 0.05) is 5.92 Å². The second kappa shape index (κ2) is 9.39. The molecule has 35 heavy (non-hydrogen) atoms. The molecule has 0 saturated carbocycles. The minimum Gasteiger partial charge on any atom is -0.0645 e. The first kappa shape index (κ1) is 29.7. The van der Waals surface area contributed by atoms with Gasteiger partial charge in [0.1, 0.15) is 0 Å². The van der Waals surface area contributed by atoms with E-state index in [1.54, 1.807) is 0 Å². The Kier molecular flexibility index (Phi) is 7.96. The van der Waals surface area contributed by atoms with Crippen LogP contribution in [0.2, 0.25) is 0 Å². The number of hydrogen-bond acceptors (Lipinski definition) is 0. The second-order valence-corrected chi connectivity index (χ2v) is 16.0. The quantitative estimate of drug-likeness (QED) is 0.413. The molecule has 196 valence electrons. The highest BCUT2D eigenvalue weighted by Gasteiger charge is 2.32. The minimum atomic E-state index is 0.0770.